The first kappa shape index (κ1) is 16.2. The molecule has 1 aromatic heterocycles. The van der Waals surface area contributed by atoms with Crippen LogP contribution >= 0.6 is 15.9 Å². The van der Waals surface area contributed by atoms with Crippen molar-refractivity contribution in [1.82, 2.24) is 4.98 Å². The summed E-state index contributed by atoms with van der Waals surface area (Å²) in [6.07, 6.45) is 1.65. The quantitative estimate of drug-likeness (QED) is 0.656. The van der Waals surface area contributed by atoms with E-state index in [1.54, 1.807) is 12.3 Å². The number of carbonyl (C=O) groups excluding carboxylic acids is 1. The number of amides is 1. The lowest BCUT2D eigenvalue weighted by molar-refractivity contribution is 0.102. The van der Waals surface area contributed by atoms with Gasteiger partial charge in [-0.1, -0.05) is 34.1 Å². The summed E-state index contributed by atoms with van der Waals surface area (Å²) in [5.74, 6) is -0.233. The smallest absolute Gasteiger partial charge is 0.274 e. The van der Waals surface area contributed by atoms with Crippen LogP contribution in [0.4, 0.5) is 17.1 Å². The topological polar surface area (TPSA) is 54.0 Å². The molecule has 1 heterocycles. The fraction of sp³-hybridized carbons (Fsp3) is 0.0526. The number of benzene rings is 2. The summed E-state index contributed by atoms with van der Waals surface area (Å²) in [4.78, 5) is 16.5. The summed E-state index contributed by atoms with van der Waals surface area (Å²) in [5, 5.41) is 6.09. The van der Waals surface area contributed by atoms with E-state index in [-0.39, 0.29) is 5.91 Å². The number of nitrogens with one attached hydrogen (secondary N) is 2. The molecule has 0 spiro atoms. The van der Waals surface area contributed by atoms with E-state index in [4.69, 9.17) is 0 Å². The number of halogens is 1. The molecule has 3 rings (SSSR count). The molecule has 0 saturated carbocycles. The van der Waals surface area contributed by atoms with Gasteiger partial charge in [0.25, 0.3) is 5.91 Å². The number of rotatable bonds is 4. The van der Waals surface area contributed by atoms with Gasteiger partial charge in [0.2, 0.25) is 0 Å². The summed E-state index contributed by atoms with van der Waals surface area (Å²) in [5.41, 5.74) is 3.98. The number of hydrogen-bond acceptors (Lipinski definition) is 3. The van der Waals surface area contributed by atoms with Crippen LogP contribution in [0.1, 0.15) is 16.1 Å². The van der Waals surface area contributed by atoms with Gasteiger partial charge in [-0.25, -0.2) is 4.98 Å². The molecule has 5 heteroatoms. The molecule has 0 aliphatic heterocycles. The standard InChI is InChI=1S/C19H16BrN3O/c1-13-11-15(7-9-17(13)20)23-19(24)18-10-8-16(12-21-18)22-14-5-3-2-4-6-14/h2-12,22H,1H3,(H,23,24). The molecule has 24 heavy (non-hydrogen) atoms. The second-order valence-corrected chi connectivity index (χ2v) is 6.20. The summed E-state index contributed by atoms with van der Waals surface area (Å²) >= 11 is 3.44. The minimum atomic E-state index is -0.233. The number of para-hydroxylation sites is 1. The van der Waals surface area contributed by atoms with Gasteiger partial charge in [0.15, 0.2) is 0 Å². The Morgan fingerprint density at radius 1 is 0.958 bits per heavy atom. The Kier molecular flexibility index (Phi) is 4.91. The third-order valence-corrected chi connectivity index (χ3v) is 4.36. The lowest BCUT2D eigenvalue weighted by Crippen LogP contribution is -2.13. The van der Waals surface area contributed by atoms with E-state index in [2.05, 4.69) is 31.5 Å². The van der Waals surface area contributed by atoms with Crippen LogP contribution in [0.3, 0.4) is 0 Å². The predicted molar refractivity (Wildman–Crippen MR) is 101 cm³/mol. The fourth-order valence-corrected chi connectivity index (χ4v) is 2.45. The van der Waals surface area contributed by atoms with Crippen molar-refractivity contribution in [1.29, 1.82) is 0 Å². The maximum absolute atomic E-state index is 12.3. The summed E-state index contributed by atoms with van der Waals surface area (Å²) in [6.45, 7) is 1.97. The summed E-state index contributed by atoms with van der Waals surface area (Å²) in [6, 6.07) is 19.0. The molecular formula is C19H16BrN3O. The molecule has 0 aliphatic rings. The van der Waals surface area contributed by atoms with Crippen molar-refractivity contribution in [2.75, 3.05) is 10.6 Å². The van der Waals surface area contributed by atoms with Crippen LogP contribution in [0.5, 0.6) is 0 Å². The molecule has 2 aromatic carbocycles. The normalized spacial score (nSPS) is 10.2. The number of aromatic nitrogens is 1. The van der Waals surface area contributed by atoms with E-state index in [0.29, 0.717) is 5.69 Å². The SMILES string of the molecule is Cc1cc(NC(=O)c2ccc(Nc3ccccc3)cn2)ccc1Br. The van der Waals surface area contributed by atoms with Crippen LogP contribution < -0.4 is 10.6 Å². The third kappa shape index (κ3) is 4.00. The van der Waals surface area contributed by atoms with Gasteiger partial charge in [-0.05, 0) is 55.0 Å². The minimum absolute atomic E-state index is 0.233. The highest BCUT2D eigenvalue weighted by molar-refractivity contribution is 9.10. The number of aryl methyl sites for hydroxylation is 1. The molecule has 3 aromatic rings. The molecule has 1 amide bonds. The van der Waals surface area contributed by atoms with Crippen molar-refractivity contribution in [2.45, 2.75) is 6.92 Å². The van der Waals surface area contributed by atoms with E-state index in [1.165, 1.54) is 0 Å². The van der Waals surface area contributed by atoms with E-state index < -0.39 is 0 Å². The van der Waals surface area contributed by atoms with Crippen molar-refractivity contribution >= 4 is 38.9 Å². The van der Waals surface area contributed by atoms with Gasteiger partial charge in [0.05, 0.1) is 11.9 Å². The van der Waals surface area contributed by atoms with Crippen LogP contribution in [0.15, 0.2) is 71.3 Å². The largest absolute Gasteiger partial charge is 0.354 e. The molecule has 0 bridgehead atoms. The second-order valence-electron chi connectivity index (χ2n) is 5.34. The minimum Gasteiger partial charge on any atom is -0.354 e. The zero-order valence-corrected chi connectivity index (χ0v) is 14.7. The van der Waals surface area contributed by atoms with Gasteiger partial charge >= 0.3 is 0 Å². The number of hydrogen-bond donors (Lipinski definition) is 2. The third-order valence-electron chi connectivity index (χ3n) is 3.47. The monoisotopic (exact) mass is 381 g/mol. The van der Waals surface area contributed by atoms with Crippen molar-refractivity contribution in [3.05, 3.63) is 82.6 Å². The number of anilines is 3. The molecule has 0 saturated heterocycles. The Bertz CT molecular complexity index is 848. The molecule has 0 atom stereocenters. The van der Waals surface area contributed by atoms with Crippen LogP contribution in [0.2, 0.25) is 0 Å². The maximum Gasteiger partial charge on any atom is 0.274 e. The van der Waals surface area contributed by atoms with Gasteiger partial charge in [0.1, 0.15) is 5.69 Å². The molecule has 0 fully saturated rings. The van der Waals surface area contributed by atoms with Crippen LogP contribution in [-0.2, 0) is 0 Å². The molecule has 0 aliphatic carbocycles. The van der Waals surface area contributed by atoms with Crippen molar-refractivity contribution in [3.63, 3.8) is 0 Å². The highest BCUT2D eigenvalue weighted by Gasteiger charge is 2.08. The summed E-state index contributed by atoms with van der Waals surface area (Å²) < 4.78 is 1.01. The number of nitrogens with zero attached hydrogens (tertiary/aromatic N) is 1. The molecule has 0 radical (unpaired) electrons. The lowest BCUT2D eigenvalue weighted by atomic mass is 10.2. The van der Waals surface area contributed by atoms with Crippen LogP contribution in [0, 0.1) is 6.92 Å². The van der Waals surface area contributed by atoms with E-state index in [1.807, 2.05) is 61.5 Å². The van der Waals surface area contributed by atoms with Gasteiger partial charge in [-0.15, -0.1) is 0 Å². The van der Waals surface area contributed by atoms with E-state index in [9.17, 15) is 4.79 Å². The van der Waals surface area contributed by atoms with Crippen LogP contribution in [0.25, 0.3) is 0 Å². The Hall–Kier alpha value is -2.66. The van der Waals surface area contributed by atoms with Crippen molar-refractivity contribution in [2.24, 2.45) is 0 Å². The Balaban J connectivity index is 1.68. The Morgan fingerprint density at radius 3 is 2.38 bits per heavy atom. The zero-order chi connectivity index (χ0) is 16.9. The second kappa shape index (κ2) is 7.27. The average Bonchev–Trinajstić information content (AvgIpc) is 2.60. The maximum atomic E-state index is 12.3. The molecule has 4 nitrogen and oxygen atoms in total. The molecular weight excluding hydrogens is 366 g/mol. The lowest BCUT2D eigenvalue weighted by Gasteiger charge is -2.08. The first-order valence-corrected chi connectivity index (χ1v) is 8.27. The fourth-order valence-electron chi connectivity index (χ4n) is 2.21. The Labute approximate surface area is 149 Å². The Morgan fingerprint density at radius 2 is 1.71 bits per heavy atom. The average molecular weight is 382 g/mol. The molecule has 0 unspecified atom stereocenters. The molecule has 120 valence electrons. The van der Waals surface area contributed by atoms with Gasteiger partial charge in [-0.3, -0.25) is 4.79 Å². The first-order chi connectivity index (χ1) is 11.6. The van der Waals surface area contributed by atoms with Crippen LogP contribution in [-0.4, -0.2) is 10.9 Å². The van der Waals surface area contributed by atoms with Crippen molar-refractivity contribution < 1.29 is 4.79 Å². The zero-order valence-electron chi connectivity index (χ0n) is 13.1. The first-order valence-electron chi connectivity index (χ1n) is 7.47. The predicted octanol–water partition coefficient (Wildman–Crippen LogP) is 5.15. The number of pyridine rings is 1. The van der Waals surface area contributed by atoms with Gasteiger partial charge < -0.3 is 10.6 Å². The van der Waals surface area contributed by atoms with Gasteiger partial charge in [-0.2, -0.15) is 0 Å². The summed E-state index contributed by atoms with van der Waals surface area (Å²) in [7, 11) is 0. The highest BCUT2D eigenvalue weighted by Crippen LogP contribution is 2.20. The number of carbonyl (C=O) groups is 1. The van der Waals surface area contributed by atoms with Gasteiger partial charge in [0, 0.05) is 15.8 Å². The van der Waals surface area contributed by atoms with E-state index >= 15 is 0 Å². The molecule has 2 N–H and O–H groups in total. The highest BCUT2D eigenvalue weighted by atomic mass is 79.9. The van der Waals surface area contributed by atoms with E-state index in [0.717, 1.165) is 27.1 Å². The van der Waals surface area contributed by atoms with Crippen molar-refractivity contribution in [3.8, 4) is 0 Å².